The van der Waals surface area contributed by atoms with Gasteiger partial charge in [0.15, 0.2) is 6.10 Å². The summed E-state index contributed by atoms with van der Waals surface area (Å²) in [6.07, 6.45) is -16.3. The van der Waals surface area contributed by atoms with E-state index in [9.17, 15) is 35.8 Å². The van der Waals surface area contributed by atoms with Crippen molar-refractivity contribution in [3.63, 3.8) is 0 Å². The zero-order chi connectivity index (χ0) is 21.8. The van der Waals surface area contributed by atoms with Crippen molar-refractivity contribution in [3.05, 3.63) is 59.7 Å². The molecule has 0 amide bonds. The smallest absolute Gasteiger partial charge is 0.428 e. The number of rotatable bonds is 8. The average Bonchev–Trinajstić information content (AvgIpc) is 2.60. The molecular formula is C19H18F7NO2. The van der Waals surface area contributed by atoms with Crippen molar-refractivity contribution in [2.75, 3.05) is 11.4 Å². The fraction of sp³-hybridized carbons (Fsp3) is 0.368. The summed E-state index contributed by atoms with van der Waals surface area (Å²) in [5.74, 6) is -0.562. The Kier molecular flexibility index (Phi) is 6.99. The summed E-state index contributed by atoms with van der Waals surface area (Å²) in [7, 11) is 0. The highest BCUT2D eigenvalue weighted by atomic mass is 19.4. The third kappa shape index (κ3) is 6.52. The molecule has 0 spiro atoms. The van der Waals surface area contributed by atoms with E-state index in [0.717, 1.165) is 17.7 Å². The van der Waals surface area contributed by atoms with Gasteiger partial charge in [0.25, 0.3) is 0 Å². The lowest BCUT2D eigenvalue weighted by molar-refractivity contribution is -0.253. The molecule has 10 heteroatoms. The highest BCUT2D eigenvalue weighted by Gasteiger charge is 2.44. The predicted octanol–water partition coefficient (Wildman–Crippen LogP) is 5.16. The maximum Gasteiger partial charge on any atom is 0.461 e. The Morgan fingerprint density at radius 1 is 1.00 bits per heavy atom. The molecule has 3 nitrogen and oxygen atoms in total. The number of hydrogen-bond donors (Lipinski definition) is 1. The quantitative estimate of drug-likeness (QED) is 0.593. The van der Waals surface area contributed by atoms with E-state index in [4.69, 9.17) is 0 Å². The van der Waals surface area contributed by atoms with Gasteiger partial charge in [0.1, 0.15) is 5.75 Å². The topological polar surface area (TPSA) is 32.7 Å². The molecule has 0 saturated carbocycles. The molecular weight excluding hydrogens is 407 g/mol. The largest absolute Gasteiger partial charge is 0.461 e. The Morgan fingerprint density at radius 2 is 1.66 bits per heavy atom. The van der Waals surface area contributed by atoms with Crippen LogP contribution in [0.2, 0.25) is 0 Å². The van der Waals surface area contributed by atoms with Crippen LogP contribution in [-0.2, 0) is 6.54 Å². The van der Waals surface area contributed by atoms with Gasteiger partial charge in [-0.3, -0.25) is 0 Å². The molecule has 0 unspecified atom stereocenters. The van der Waals surface area contributed by atoms with Crippen molar-refractivity contribution in [1.82, 2.24) is 0 Å². The zero-order valence-corrected chi connectivity index (χ0v) is 15.1. The SMILES string of the molecule is Cc1cccc(N(Cc2cccc(OC(F)(F)C(F)F)c2)C[C@@H](O)C(F)(F)F)c1. The first-order chi connectivity index (χ1) is 13.4. The molecule has 0 aromatic heterocycles. The maximum atomic E-state index is 13.1. The van der Waals surface area contributed by atoms with Gasteiger partial charge < -0.3 is 14.7 Å². The molecule has 0 aliphatic rings. The molecule has 160 valence electrons. The zero-order valence-electron chi connectivity index (χ0n) is 15.1. The van der Waals surface area contributed by atoms with E-state index >= 15 is 0 Å². The van der Waals surface area contributed by atoms with Crippen LogP contribution < -0.4 is 9.64 Å². The second-order valence-corrected chi connectivity index (χ2v) is 6.39. The summed E-state index contributed by atoms with van der Waals surface area (Å²) in [6, 6.07) is 11.2. The fourth-order valence-electron chi connectivity index (χ4n) is 2.53. The molecule has 1 atom stereocenters. The second kappa shape index (κ2) is 8.89. The molecule has 2 rings (SSSR count). The number of anilines is 1. The maximum absolute atomic E-state index is 13.1. The van der Waals surface area contributed by atoms with Gasteiger partial charge in [0.05, 0.1) is 6.54 Å². The van der Waals surface area contributed by atoms with Crippen LogP contribution in [0.1, 0.15) is 11.1 Å². The van der Waals surface area contributed by atoms with Crippen molar-refractivity contribution in [2.24, 2.45) is 0 Å². The molecule has 0 heterocycles. The molecule has 0 aliphatic carbocycles. The first kappa shape index (κ1) is 22.8. The van der Waals surface area contributed by atoms with Gasteiger partial charge in [-0.1, -0.05) is 24.3 Å². The van der Waals surface area contributed by atoms with Gasteiger partial charge in [-0.25, -0.2) is 0 Å². The number of aliphatic hydroxyl groups is 1. The fourth-order valence-corrected chi connectivity index (χ4v) is 2.53. The van der Waals surface area contributed by atoms with Crippen LogP contribution in [0.4, 0.5) is 36.4 Å². The van der Waals surface area contributed by atoms with Crippen LogP contribution >= 0.6 is 0 Å². The minimum atomic E-state index is -4.85. The van der Waals surface area contributed by atoms with E-state index in [0.29, 0.717) is 5.69 Å². The Balaban J connectivity index is 2.28. The standard InChI is InChI=1S/C19H18F7NO2/c1-12-4-2-6-14(8-12)27(11-16(28)18(22,23)24)10-13-5-3-7-15(9-13)29-19(25,26)17(20)21/h2-9,16-17,28H,10-11H2,1H3/t16-/m1/s1. The van der Waals surface area contributed by atoms with Gasteiger partial charge in [-0.2, -0.15) is 30.7 Å². The normalized spacial score (nSPS) is 13.4. The predicted molar refractivity (Wildman–Crippen MR) is 92.3 cm³/mol. The average molecular weight is 425 g/mol. The lowest BCUT2D eigenvalue weighted by atomic mass is 10.1. The van der Waals surface area contributed by atoms with Gasteiger partial charge in [-0.05, 0) is 42.3 Å². The Hall–Kier alpha value is -2.49. The van der Waals surface area contributed by atoms with Crippen molar-refractivity contribution < 1.29 is 40.6 Å². The number of hydrogen-bond acceptors (Lipinski definition) is 3. The molecule has 2 aromatic carbocycles. The van der Waals surface area contributed by atoms with Crippen molar-refractivity contribution in [1.29, 1.82) is 0 Å². The highest BCUT2D eigenvalue weighted by Crippen LogP contribution is 2.29. The number of aliphatic hydroxyl groups excluding tert-OH is 1. The second-order valence-electron chi connectivity index (χ2n) is 6.39. The van der Waals surface area contributed by atoms with E-state index in [2.05, 4.69) is 4.74 Å². The third-order valence-corrected chi connectivity index (χ3v) is 3.92. The van der Waals surface area contributed by atoms with Crippen LogP contribution in [0.15, 0.2) is 48.5 Å². The summed E-state index contributed by atoms with van der Waals surface area (Å²) in [5, 5.41) is 9.46. The molecule has 0 fully saturated rings. The minimum absolute atomic E-state index is 0.214. The summed E-state index contributed by atoms with van der Waals surface area (Å²) in [5.41, 5.74) is 1.34. The van der Waals surface area contributed by atoms with Gasteiger partial charge in [0.2, 0.25) is 0 Å². The van der Waals surface area contributed by atoms with Gasteiger partial charge in [0, 0.05) is 12.2 Å². The van der Waals surface area contributed by atoms with Crippen molar-refractivity contribution >= 4 is 5.69 Å². The van der Waals surface area contributed by atoms with Crippen LogP contribution in [-0.4, -0.2) is 36.5 Å². The molecule has 0 aliphatic heterocycles. The van der Waals surface area contributed by atoms with Gasteiger partial charge >= 0.3 is 18.7 Å². The third-order valence-electron chi connectivity index (χ3n) is 3.92. The molecule has 0 saturated heterocycles. The Labute approximate surface area is 162 Å². The molecule has 0 bridgehead atoms. The summed E-state index contributed by atoms with van der Waals surface area (Å²) in [4.78, 5) is 1.20. The first-order valence-corrected chi connectivity index (χ1v) is 8.39. The van der Waals surface area contributed by atoms with Crippen LogP contribution in [0.5, 0.6) is 5.75 Å². The monoisotopic (exact) mass is 425 g/mol. The van der Waals surface area contributed by atoms with Crippen molar-refractivity contribution in [2.45, 2.75) is 38.3 Å². The molecule has 0 radical (unpaired) electrons. The van der Waals surface area contributed by atoms with Gasteiger partial charge in [-0.15, -0.1) is 0 Å². The number of benzene rings is 2. The van der Waals surface area contributed by atoms with E-state index in [1.165, 1.54) is 23.1 Å². The minimum Gasteiger partial charge on any atom is -0.428 e. The first-order valence-electron chi connectivity index (χ1n) is 8.39. The summed E-state index contributed by atoms with van der Waals surface area (Å²) >= 11 is 0. The summed E-state index contributed by atoms with van der Waals surface area (Å²) in [6.45, 7) is 0.696. The van der Waals surface area contributed by atoms with E-state index in [1.54, 1.807) is 25.1 Å². The van der Waals surface area contributed by atoms with E-state index in [-0.39, 0.29) is 12.1 Å². The molecule has 29 heavy (non-hydrogen) atoms. The molecule has 1 N–H and O–H groups in total. The van der Waals surface area contributed by atoms with E-state index in [1.807, 2.05) is 0 Å². The molecule has 2 aromatic rings. The number of aryl methyl sites for hydroxylation is 1. The number of alkyl halides is 7. The van der Waals surface area contributed by atoms with Crippen LogP contribution in [0.25, 0.3) is 0 Å². The lowest BCUT2D eigenvalue weighted by Gasteiger charge is -2.29. The number of ether oxygens (including phenoxy) is 1. The highest BCUT2D eigenvalue weighted by molar-refractivity contribution is 5.49. The number of nitrogens with zero attached hydrogens (tertiary/aromatic N) is 1. The van der Waals surface area contributed by atoms with Crippen molar-refractivity contribution in [3.8, 4) is 5.75 Å². The van der Waals surface area contributed by atoms with Crippen LogP contribution in [0, 0.1) is 6.92 Å². The number of halogens is 7. The van der Waals surface area contributed by atoms with Crippen LogP contribution in [0.3, 0.4) is 0 Å². The Morgan fingerprint density at radius 3 is 2.24 bits per heavy atom. The summed E-state index contributed by atoms with van der Waals surface area (Å²) < 4.78 is 93.3. The lowest BCUT2D eigenvalue weighted by Crippen LogP contribution is -2.41. The van der Waals surface area contributed by atoms with E-state index < -0.39 is 37.1 Å². The Bertz CT molecular complexity index is 811.